The first-order chi connectivity index (χ1) is 7.22. The predicted molar refractivity (Wildman–Crippen MR) is 60.8 cm³/mol. The zero-order chi connectivity index (χ0) is 10.8. The SMILES string of the molecule is CCN1CCN(c2cccc(N)c2)C1=O. The standard InChI is InChI=1S/C11H15N3O/c1-2-13-6-7-14(11(13)15)10-5-3-4-9(12)8-10/h3-5,8H,2,6-7,12H2,1H3. The van der Waals surface area contributed by atoms with Crippen LogP contribution in [0.2, 0.25) is 0 Å². The van der Waals surface area contributed by atoms with Crippen LogP contribution >= 0.6 is 0 Å². The highest BCUT2D eigenvalue weighted by molar-refractivity contribution is 5.94. The van der Waals surface area contributed by atoms with Gasteiger partial charge in [-0.1, -0.05) is 6.07 Å². The maximum absolute atomic E-state index is 11.9. The lowest BCUT2D eigenvalue weighted by Crippen LogP contribution is -2.31. The highest BCUT2D eigenvalue weighted by Crippen LogP contribution is 2.21. The second kappa shape index (κ2) is 3.81. The van der Waals surface area contributed by atoms with Gasteiger partial charge in [-0.15, -0.1) is 0 Å². The molecule has 0 atom stereocenters. The van der Waals surface area contributed by atoms with Gasteiger partial charge < -0.3 is 10.6 Å². The molecule has 0 unspecified atom stereocenters. The molecular weight excluding hydrogens is 190 g/mol. The summed E-state index contributed by atoms with van der Waals surface area (Å²) in [5, 5.41) is 0. The molecule has 2 N–H and O–H groups in total. The minimum atomic E-state index is 0.0723. The Morgan fingerprint density at radius 1 is 1.40 bits per heavy atom. The van der Waals surface area contributed by atoms with Crippen LogP contribution in [0.5, 0.6) is 0 Å². The molecule has 2 rings (SSSR count). The van der Waals surface area contributed by atoms with E-state index in [-0.39, 0.29) is 6.03 Å². The fourth-order valence-corrected chi connectivity index (χ4v) is 1.81. The second-order valence-corrected chi connectivity index (χ2v) is 3.61. The van der Waals surface area contributed by atoms with E-state index in [1.165, 1.54) is 0 Å². The molecule has 1 fully saturated rings. The smallest absolute Gasteiger partial charge is 0.324 e. The molecule has 0 radical (unpaired) electrons. The van der Waals surface area contributed by atoms with Crippen molar-refractivity contribution >= 4 is 17.4 Å². The van der Waals surface area contributed by atoms with E-state index >= 15 is 0 Å². The molecule has 1 aliphatic rings. The van der Waals surface area contributed by atoms with Crippen molar-refractivity contribution in [2.45, 2.75) is 6.92 Å². The van der Waals surface area contributed by atoms with Crippen molar-refractivity contribution in [1.29, 1.82) is 0 Å². The minimum absolute atomic E-state index is 0.0723. The normalized spacial score (nSPS) is 16.2. The zero-order valence-electron chi connectivity index (χ0n) is 8.81. The van der Waals surface area contributed by atoms with Crippen LogP contribution in [-0.4, -0.2) is 30.6 Å². The fraction of sp³-hybridized carbons (Fsp3) is 0.364. The van der Waals surface area contributed by atoms with Crippen molar-refractivity contribution in [3.63, 3.8) is 0 Å². The van der Waals surface area contributed by atoms with Gasteiger partial charge in [0.25, 0.3) is 0 Å². The fourth-order valence-electron chi connectivity index (χ4n) is 1.81. The number of rotatable bonds is 2. The summed E-state index contributed by atoms with van der Waals surface area (Å²) in [7, 11) is 0. The van der Waals surface area contributed by atoms with Gasteiger partial charge in [0.05, 0.1) is 0 Å². The van der Waals surface area contributed by atoms with Crippen molar-refractivity contribution in [3.05, 3.63) is 24.3 Å². The van der Waals surface area contributed by atoms with Gasteiger partial charge in [0.2, 0.25) is 0 Å². The first kappa shape index (κ1) is 9.83. The number of nitrogens with zero attached hydrogens (tertiary/aromatic N) is 2. The van der Waals surface area contributed by atoms with E-state index in [9.17, 15) is 4.79 Å². The van der Waals surface area contributed by atoms with Crippen LogP contribution in [0.4, 0.5) is 16.2 Å². The lowest BCUT2D eigenvalue weighted by molar-refractivity contribution is 0.223. The number of anilines is 2. The van der Waals surface area contributed by atoms with Gasteiger partial charge in [0.15, 0.2) is 0 Å². The Bertz CT molecular complexity index is 378. The molecule has 1 heterocycles. The Kier molecular flexibility index (Phi) is 2.49. The molecule has 0 spiro atoms. The molecule has 1 aliphatic heterocycles. The van der Waals surface area contributed by atoms with Crippen molar-refractivity contribution in [1.82, 2.24) is 4.90 Å². The van der Waals surface area contributed by atoms with Crippen molar-refractivity contribution in [2.24, 2.45) is 0 Å². The average Bonchev–Trinajstić information content (AvgIpc) is 2.59. The largest absolute Gasteiger partial charge is 0.399 e. The van der Waals surface area contributed by atoms with Gasteiger partial charge in [0, 0.05) is 31.0 Å². The van der Waals surface area contributed by atoms with E-state index in [2.05, 4.69) is 0 Å². The summed E-state index contributed by atoms with van der Waals surface area (Å²) in [5.74, 6) is 0. The van der Waals surface area contributed by atoms with Crippen molar-refractivity contribution < 1.29 is 4.79 Å². The van der Waals surface area contributed by atoms with E-state index in [1.807, 2.05) is 36.1 Å². The van der Waals surface area contributed by atoms with Gasteiger partial charge >= 0.3 is 6.03 Å². The third-order valence-electron chi connectivity index (χ3n) is 2.66. The van der Waals surface area contributed by atoms with Crippen molar-refractivity contribution in [2.75, 3.05) is 30.3 Å². The first-order valence-electron chi connectivity index (χ1n) is 5.14. The highest BCUT2D eigenvalue weighted by atomic mass is 16.2. The summed E-state index contributed by atoms with van der Waals surface area (Å²) < 4.78 is 0. The maximum Gasteiger partial charge on any atom is 0.324 e. The number of nitrogen functional groups attached to an aromatic ring is 1. The number of benzene rings is 1. The first-order valence-corrected chi connectivity index (χ1v) is 5.14. The van der Waals surface area contributed by atoms with Crippen LogP contribution in [0, 0.1) is 0 Å². The quantitative estimate of drug-likeness (QED) is 0.744. The second-order valence-electron chi connectivity index (χ2n) is 3.61. The maximum atomic E-state index is 11.9. The van der Waals surface area contributed by atoms with Crippen LogP contribution in [-0.2, 0) is 0 Å². The Labute approximate surface area is 89.3 Å². The molecule has 15 heavy (non-hydrogen) atoms. The molecule has 4 nitrogen and oxygen atoms in total. The molecule has 0 saturated carbocycles. The van der Waals surface area contributed by atoms with Gasteiger partial charge in [-0.25, -0.2) is 4.79 Å². The lowest BCUT2D eigenvalue weighted by atomic mass is 10.2. The number of hydrogen-bond acceptors (Lipinski definition) is 2. The third-order valence-corrected chi connectivity index (χ3v) is 2.66. The Morgan fingerprint density at radius 3 is 2.80 bits per heavy atom. The molecule has 0 aliphatic carbocycles. The van der Waals surface area contributed by atoms with Crippen molar-refractivity contribution in [3.8, 4) is 0 Å². The number of carbonyl (C=O) groups is 1. The van der Waals surface area contributed by atoms with Gasteiger partial charge in [0.1, 0.15) is 0 Å². The number of carbonyl (C=O) groups excluding carboxylic acids is 1. The van der Waals surface area contributed by atoms with E-state index in [4.69, 9.17) is 5.73 Å². The Morgan fingerprint density at radius 2 is 2.20 bits per heavy atom. The lowest BCUT2D eigenvalue weighted by Gasteiger charge is -2.17. The van der Waals surface area contributed by atoms with Gasteiger partial charge in [-0.05, 0) is 25.1 Å². The van der Waals surface area contributed by atoms with E-state index in [1.54, 1.807) is 4.90 Å². The van der Waals surface area contributed by atoms with Crippen LogP contribution in [0.25, 0.3) is 0 Å². The van der Waals surface area contributed by atoms with Gasteiger partial charge in [-0.2, -0.15) is 0 Å². The number of hydrogen-bond donors (Lipinski definition) is 1. The molecule has 0 bridgehead atoms. The monoisotopic (exact) mass is 205 g/mol. The van der Waals surface area contributed by atoms with Crippen LogP contribution in [0.1, 0.15) is 6.92 Å². The number of urea groups is 1. The Balaban J connectivity index is 2.22. The summed E-state index contributed by atoms with van der Waals surface area (Å²) in [5.41, 5.74) is 7.26. The molecule has 1 aromatic carbocycles. The van der Waals surface area contributed by atoms with E-state index in [0.29, 0.717) is 5.69 Å². The summed E-state index contributed by atoms with van der Waals surface area (Å²) >= 11 is 0. The van der Waals surface area contributed by atoms with Crippen LogP contribution in [0.15, 0.2) is 24.3 Å². The summed E-state index contributed by atoms with van der Waals surface area (Å²) in [6.45, 7) is 4.29. The molecule has 2 amide bonds. The van der Waals surface area contributed by atoms with Crippen LogP contribution < -0.4 is 10.6 Å². The van der Waals surface area contributed by atoms with E-state index < -0.39 is 0 Å². The number of nitrogens with two attached hydrogens (primary N) is 1. The average molecular weight is 205 g/mol. The van der Waals surface area contributed by atoms with Crippen LogP contribution in [0.3, 0.4) is 0 Å². The molecule has 80 valence electrons. The predicted octanol–water partition coefficient (Wildman–Crippen LogP) is 1.53. The number of likely N-dealkylation sites (N-methyl/N-ethyl adjacent to an activating group) is 1. The third kappa shape index (κ3) is 1.75. The van der Waals surface area contributed by atoms with E-state index in [0.717, 1.165) is 25.3 Å². The highest BCUT2D eigenvalue weighted by Gasteiger charge is 2.27. The summed E-state index contributed by atoms with van der Waals surface area (Å²) in [6, 6.07) is 7.50. The van der Waals surface area contributed by atoms with Gasteiger partial charge in [-0.3, -0.25) is 4.90 Å². The molecular formula is C11H15N3O. The molecule has 1 aromatic rings. The molecule has 1 saturated heterocycles. The topological polar surface area (TPSA) is 49.6 Å². The zero-order valence-corrected chi connectivity index (χ0v) is 8.81. The number of amides is 2. The molecule has 0 aromatic heterocycles. The Hall–Kier alpha value is -1.71. The summed E-state index contributed by atoms with van der Waals surface area (Å²) in [4.78, 5) is 15.4. The summed E-state index contributed by atoms with van der Waals surface area (Å²) in [6.07, 6.45) is 0. The molecule has 4 heteroatoms. The minimum Gasteiger partial charge on any atom is -0.399 e.